The number of ether oxygens (including phenoxy) is 1. The molecule has 1 saturated heterocycles. The van der Waals surface area contributed by atoms with Crippen LogP contribution in [0.3, 0.4) is 0 Å². The van der Waals surface area contributed by atoms with Gasteiger partial charge in [-0.05, 0) is 38.9 Å². The van der Waals surface area contributed by atoms with Gasteiger partial charge in [0.1, 0.15) is 11.5 Å². The molecule has 1 aliphatic heterocycles. The molecule has 4 rings (SSSR count). The van der Waals surface area contributed by atoms with E-state index in [1.807, 2.05) is 19.1 Å². The number of hydrogen-bond donors (Lipinski definition) is 0. The molecule has 0 N–H and O–H groups in total. The second kappa shape index (κ2) is 7.09. The van der Waals surface area contributed by atoms with E-state index in [1.165, 1.54) is 0 Å². The SMILES string of the molecule is CCOC1CC(c2nc(-c3cccc(N4CCN(C)CC4)n3)no2)C1. The molecule has 1 saturated carbocycles. The molecule has 25 heavy (non-hydrogen) atoms. The average molecular weight is 343 g/mol. The van der Waals surface area contributed by atoms with Gasteiger partial charge in [0.2, 0.25) is 11.7 Å². The lowest BCUT2D eigenvalue weighted by Crippen LogP contribution is -2.44. The van der Waals surface area contributed by atoms with Crippen molar-refractivity contribution in [2.24, 2.45) is 0 Å². The standard InChI is InChI=1S/C18H25N5O2/c1-3-24-14-11-13(12-14)18-20-17(21-25-18)15-5-4-6-16(19-15)23-9-7-22(2)8-10-23/h4-6,13-14H,3,7-12H2,1-2H3. The molecule has 1 aliphatic carbocycles. The first-order chi connectivity index (χ1) is 12.2. The second-order valence-electron chi connectivity index (χ2n) is 6.87. The molecule has 134 valence electrons. The fourth-order valence-electron chi connectivity index (χ4n) is 3.40. The number of rotatable bonds is 5. The summed E-state index contributed by atoms with van der Waals surface area (Å²) in [6, 6.07) is 6.01. The van der Waals surface area contributed by atoms with E-state index in [9.17, 15) is 0 Å². The zero-order valence-corrected chi connectivity index (χ0v) is 14.9. The fourth-order valence-corrected chi connectivity index (χ4v) is 3.40. The highest BCUT2D eigenvalue weighted by Crippen LogP contribution is 2.38. The van der Waals surface area contributed by atoms with Gasteiger partial charge in [0, 0.05) is 38.7 Å². The third-order valence-corrected chi connectivity index (χ3v) is 5.08. The first-order valence-corrected chi connectivity index (χ1v) is 9.09. The summed E-state index contributed by atoms with van der Waals surface area (Å²) in [6.07, 6.45) is 2.26. The van der Waals surface area contributed by atoms with Crippen molar-refractivity contribution in [2.75, 3.05) is 44.7 Å². The van der Waals surface area contributed by atoms with Crippen molar-refractivity contribution in [3.8, 4) is 11.5 Å². The van der Waals surface area contributed by atoms with Crippen molar-refractivity contribution in [1.82, 2.24) is 20.0 Å². The van der Waals surface area contributed by atoms with Crippen LogP contribution in [0.5, 0.6) is 0 Å². The van der Waals surface area contributed by atoms with Gasteiger partial charge >= 0.3 is 0 Å². The molecule has 0 aromatic carbocycles. The van der Waals surface area contributed by atoms with Crippen LogP contribution in [0, 0.1) is 0 Å². The van der Waals surface area contributed by atoms with Crippen LogP contribution in [0.15, 0.2) is 22.7 Å². The van der Waals surface area contributed by atoms with Crippen molar-refractivity contribution in [1.29, 1.82) is 0 Å². The van der Waals surface area contributed by atoms with Crippen molar-refractivity contribution >= 4 is 5.82 Å². The normalized spacial score (nSPS) is 24.3. The maximum Gasteiger partial charge on any atom is 0.230 e. The third kappa shape index (κ3) is 3.52. The minimum absolute atomic E-state index is 0.318. The van der Waals surface area contributed by atoms with Gasteiger partial charge < -0.3 is 19.1 Å². The van der Waals surface area contributed by atoms with Crippen LogP contribution in [0.2, 0.25) is 0 Å². The van der Waals surface area contributed by atoms with E-state index >= 15 is 0 Å². The summed E-state index contributed by atoms with van der Waals surface area (Å²) in [6.45, 7) is 6.88. The predicted molar refractivity (Wildman–Crippen MR) is 94.6 cm³/mol. The maximum absolute atomic E-state index is 5.60. The lowest BCUT2D eigenvalue weighted by Gasteiger charge is -2.33. The van der Waals surface area contributed by atoms with Gasteiger partial charge in [-0.25, -0.2) is 4.98 Å². The Hall–Kier alpha value is -1.99. The smallest absolute Gasteiger partial charge is 0.230 e. The van der Waals surface area contributed by atoms with Gasteiger partial charge in [-0.1, -0.05) is 11.2 Å². The lowest BCUT2D eigenvalue weighted by molar-refractivity contribution is -0.00961. The number of hydrogen-bond acceptors (Lipinski definition) is 7. The van der Waals surface area contributed by atoms with Gasteiger partial charge in [-0.15, -0.1) is 0 Å². The summed E-state index contributed by atoms with van der Waals surface area (Å²) >= 11 is 0. The molecule has 2 aromatic heterocycles. The highest BCUT2D eigenvalue weighted by atomic mass is 16.5. The van der Waals surface area contributed by atoms with Crippen molar-refractivity contribution in [3.05, 3.63) is 24.1 Å². The van der Waals surface area contributed by atoms with Gasteiger partial charge in [-0.3, -0.25) is 0 Å². The molecule has 3 heterocycles. The van der Waals surface area contributed by atoms with E-state index in [1.54, 1.807) is 0 Å². The van der Waals surface area contributed by atoms with Gasteiger partial charge in [0.25, 0.3) is 0 Å². The monoisotopic (exact) mass is 343 g/mol. The van der Waals surface area contributed by atoms with E-state index < -0.39 is 0 Å². The summed E-state index contributed by atoms with van der Waals surface area (Å²) in [5.74, 6) is 2.58. The first kappa shape index (κ1) is 16.5. The average Bonchev–Trinajstić information content (AvgIpc) is 3.08. The van der Waals surface area contributed by atoms with Gasteiger partial charge in [-0.2, -0.15) is 4.98 Å². The zero-order chi connectivity index (χ0) is 17.2. The number of piperazine rings is 1. The Morgan fingerprint density at radius 1 is 1.16 bits per heavy atom. The van der Waals surface area contributed by atoms with Crippen molar-refractivity contribution < 1.29 is 9.26 Å². The zero-order valence-electron chi connectivity index (χ0n) is 14.9. The highest BCUT2D eigenvalue weighted by Gasteiger charge is 2.35. The summed E-state index contributed by atoms with van der Waals surface area (Å²) in [5, 5.41) is 4.14. The minimum Gasteiger partial charge on any atom is -0.378 e. The Kier molecular flexibility index (Phi) is 4.67. The Morgan fingerprint density at radius 3 is 2.72 bits per heavy atom. The van der Waals surface area contributed by atoms with Gasteiger partial charge in [0.15, 0.2) is 0 Å². The molecule has 7 heteroatoms. The number of pyridine rings is 1. The van der Waals surface area contributed by atoms with Crippen LogP contribution in [0.4, 0.5) is 5.82 Å². The minimum atomic E-state index is 0.318. The van der Waals surface area contributed by atoms with E-state index in [2.05, 4.69) is 33.1 Å². The van der Waals surface area contributed by atoms with E-state index in [0.29, 0.717) is 23.7 Å². The Morgan fingerprint density at radius 2 is 1.96 bits per heavy atom. The molecule has 7 nitrogen and oxygen atoms in total. The number of anilines is 1. The van der Waals surface area contributed by atoms with Crippen molar-refractivity contribution in [3.63, 3.8) is 0 Å². The van der Waals surface area contributed by atoms with Crippen molar-refractivity contribution in [2.45, 2.75) is 31.8 Å². The van der Waals surface area contributed by atoms with Gasteiger partial charge in [0.05, 0.1) is 6.10 Å². The quantitative estimate of drug-likeness (QED) is 0.824. The molecule has 0 amide bonds. The molecule has 0 spiro atoms. The van der Waals surface area contributed by atoms with Crippen LogP contribution in [0.25, 0.3) is 11.5 Å². The highest BCUT2D eigenvalue weighted by molar-refractivity contribution is 5.53. The van der Waals surface area contributed by atoms with Crippen LogP contribution < -0.4 is 4.90 Å². The van der Waals surface area contributed by atoms with Crippen LogP contribution in [0.1, 0.15) is 31.6 Å². The summed E-state index contributed by atoms with van der Waals surface area (Å²) in [5.41, 5.74) is 0.770. The van der Waals surface area contributed by atoms with E-state index in [-0.39, 0.29) is 0 Å². The molecule has 0 unspecified atom stereocenters. The molecule has 0 bridgehead atoms. The van der Waals surface area contributed by atoms with Crippen LogP contribution >= 0.6 is 0 Å². The maximum atomic E-state index is 5.60. The first-order valence-electron chi connectivity index (χ1n) is 9.09. The number of likely N-dealkylation sites (N-methyl/N-ethyl adjacent to an activating group) is 1. The summed E-state index contributed by atoms with van der Waals surface area (Å²) < 4.78 is 11.1. The third-order valence-electron chi connectivity index (χ3n) is 5.08. The molecule has 0 radical (unpaired) electrons. The fraction of sp³-hybridized carbons (Fsp3) is 0.611. The Balaban J connectivity index is 1.45. The summed E-state index contributed by atoms with van der Waals surface area (Å²) in [7, 11) is 2.15. The lowest BCUT2D eigenvalue weighted by atomic mass is 9.82. The molecule has 2 aliphatic rings. The molecular weight excluding hydrogens is 318 g/mol. The molecule has 0 atom stereocenters. The number of aromatic nitrogens is 3. The second-order valence-corrected chi connectivity index (χ2v) is 6.87. The predicted octanol–water partition coefficient (Wildman–Crippen LogP) is 2.17. The van der Waals surface area contributed by atoms with Crippen LogP contribution in [-0.2, 0) is 4.74 Å². The van der Waals surface area contributed by atoms with Crippen LogP contribution in [-0.4, -0.2) is 66.0 Å². The number of nitrogens with zero attached hydrogens (tertiary/aromatic N) is 5. The molecule has 2 fully saturated rings. The Bertz CT molecular complexity index is 705. The topological polar surface area (TPSA) is 67.5 Å². The molecule has 2 aromatic rings. The van der Waals surface area contributed by atoms with E-state index in [4.69, 9.17) is 14.2 Å². The Labute approximate surface area is 148 Å². The summed E-state index contributed by atoms with van der Waals surface area (Å²) in [4.78, 5) is 14.0. The van der Waals surface area contributed by atoms with E-state index in [0.717, 1.165) is 57.1 Å². The molecular formula is C18H25N5O2. The largest absolute Gasteiger partial charge is 0.378 e.